The first-order chi connectivity index (χ1) is 21.3. The number of rotatable bonds is 14. The maximum Gasteiger partial charge on any atom is 1.00 e. The molecule has 2 aromatic carbocycles. The van der Waals surface area contributed by atoms with Crippen molar-refractivity contribution < 1.29 is 63.1 Å². The van der Waals surface area contributed by atoms with E-state index in [-0.39, 0.29) is 75.0 Å². The number of aromatic nitrogens is 1. The number of amides is 2. The number of nitrogens with one attached hydrogen (secondary N) is 1. The Morgan fingerprint density at radius 1 is 1.07 bits per heavy atom. The Morgan fingerprint density at radius 2 is 1.74 bits per heavy atom. The largest absolute Gasteiger partial charge is 1.00 e. The Balaban J connectivity index is 0.00000552. The number of carbonyl (C=O) groups excluding carboxylic acids is 3. The molecule has 0 unspecified atom stereocenters. The monoisotopic (exact) mass is 681 g/mol. The summed E-state index contributed by atoms with van der Waals surface area (Å²) in [5.74, 6) is 4.07. The maximum absolute atomic E-state index is 13.2. The van der Waals surface area contributed by atoms with E-state index < -0.39 is 33.2 Å². The molecule has 0 saturated heterocycles. The van der Waals surface area contributed by atoms with Gasteiger partial charge in [0, 0.05) is 62.2 Å². The number of pyridine rings is 1. The number of nitrogens with zero attached hydrogens (tertiary/aromatic N) is 2. The molecule has 0 fully saturated rings. The van der Waals surface area contributed by atoms with E-state index in [9.17, 15) is 27.6 Å². The van der Waals surface area contributed by atoms with E-state index in [1.165, 1.54) is 18.1 Å². The molecule has 0 radical (unpaired) electrons. The Labute approximate surface area is 297 Å². The van der Waals surface area contributed by atoms with E-state index >= 15 is 0 Å². The smallest absolute Gasteiger partial charge is 1.00 e. The molecule has 2 N–H and O–H groups in total. The van der Waals surface area contributed by atoms with Gasteiger partial charge in [0.15, 0.2) is 6.61 Å². The molecular formula is C32H37ClN3NaO8S. The molecule has 2 amide bonds. The number of esters is 1. The molecule has 1 heterocycles. The molecule has 0 aliphatic heterocycles. The van der Waals surface area contributed by atoms with E-state index in [4.69, 9.17) is 20.9 Å². The summed E-state index contributed by atoms with van der Waals surface area (Å²) in [5.41, 5.74) is 1.61. The van der Waals surface area contributed by atoms with Crippen LogP contribution in [0.2, 0.25) is 5.02 Å². The van der Waals surface area contributed by atoms with Crippen molar-refractivity contribution in [1.29, 1.82) is 0 Å². The van der Waals surface area contributed by atoms with Crippen LogP contribution in [0.5, 0.6) is 0 Å². The number of benzene rings is 2. The van der Waals surface area contributed by atoms with E-state index in [0.29, 0.717) is 34.3 Å². The minimum atomic E-state index is -4.11. The van der Waals surface area contributed by atoms with E-state index in [1.807, 2.05) is 0 Å². The van der Waals surface area contributed by atoms with Gasteiger partial charge in [-0.3, -0.25) is 23.7 Å². The van der Waals surface area contributed by atoms with Gasteiger partial charge in [-0.2, -0.15) is 8.42 Å². The second kappa shape index (κ2) is 18.8. The zero-order valence-corrected chi connectivity index (χ0v) is 29.7. The van der Waals surface area contributed by atoms with E-state index in [2.05, 4.69) is 17.2 Å². The second-order valence-electron chi connectivity index (χ2n) is 10.5. The number of aryl methyl sites for hydroxylation is 1. The Bertz CT molecular complexity index is 1770. The van der Waals surface area contributed by atoms with E-state index in [0.717, 1.165) is 18.4 Å². The van der Waals surface area contributed by atoms with Crippen molar-refractivity contribution >= 4 is 50.4 Å². The number of hydrogen-bond donors (Lipinski definition) is 2. The van der Waals surface area contributed by atoms with Crippen molar-refractivity contribution in [3.8, 4) is 11.8 Å². The van der Waals surface area contributed by atoms with Crippen LogP contribution in [-0.4, -0.2) is 66.2 Å². The quantitative estimate of drug-likeness (QED) is 0.0835. The molecule has 3 rings (SSSR count). The first-order valence-electron chi connectivity index (χ1n) is 14.3. The van der Waals surface area contributed by atoms with Crippen LogP contribution in [0.15, 0.2) is 53.5 Å². The predicted molar refractivity (Wildman–Crippen MR) is 173 cm³/mol. The van der Waals surface area contributed by atoms with Gasteiger partial charge in [0.25, 0.3) is 16.0 Å². The summed E-state index contributed by atoms with van der Waals surface area (Å²) < 4.78 is 37.2. The number of unbranched alkanes of at least 4 members (excludes halogenated alkanes) is 3. The Morgan fingerprint density at radius 3 is 2.41 bits per heavy atom. The molecule has 14 heteroatoms. The van der Waals surface area contributed by atoms with Gasteiger partial charge in [-0.15, -0.1) is 0 Å². The zero-order valence-electron chi connectivity index (χ0n) is 27.2. The summed E-state index contributed by atoms with van der Waals surface area (Å²) in [4.78, 5) is 51.3. The second-order valence-corrected chi connectivity index (χ2v) is 12.5. The molecule has 46 heavy (non-hydrogen) atoms. The fourth-order valence-electron chi connectivity index (χ4n) is 4.41. The number of fused-ring (bicyclic) bond motifs is 1. The van der Waals surface area contributed by atoms with Crippen LogP contribution in [-0.2, 0) is 38.0 Å². The molecule has 0 atom stereocenters. The molecular weight excluding hydrogens is 645 g/mol. The first kappa shape index (κ1) is 39.0. The molecule has 0 aliphatic carbocycles. The van der Waals surface area contributed by atoms with Crippen LogP contribution in [0.4, 0.5) is 0 Å². The average molecular weight is 682 g/mol. The van der Waals surface area contributed by atoms with E-state index in [1.54, 1.807) is 54.1 Å². The number of hydrogen-bond acceptors (Lipinski definition) is 7. The third-order valence-corrected chi connectivity index (χ3v) is 7.92. The van der Waals surface area contributed by atoms with Gasteiger partial charge in [0.2, 0.25) is 11.3 Å². The van der Waals surface area contributed by atoms with Crippen LogP contribution in [0, 0.1) is 11.8 Å². The van der Waals surface area contributed by atoms with Crippen molar-refractivity contribution in [3.05, 3.63) is 80.6 Å². The SMILES string of the molecule is CN(CCS(=O)(=O)O)C(=O)CCCCCCC(=O)OCC#Cc1ccc2c(c1)c(=O)c(C(=O)NCc1ccc(Cl)cc1)cn2C.[H-].[Na+]. The molecule has 0 aliphatic rings. The summed E-state index contributed by atoms with van der Waals surface area (Å²) in [6, 6.07) is 12.1. The van der Waals surface area contributed by atoms with Gasteiger partial charge in [0.05, 0.1) is 11.3 Å². The fraction of sp³-hybridized carbons (Fsp3) is 0.375. The molecule has 0 bridgehead atoms. The molecule has 0 saturated carbocycles. The molecule has 11 nitrogen and oxygen atoms in total. The Hall–Kier alpha value is -3.18. The molecule has 3 aromatic rings. The van der Waals surface area contributed by atoms with Crippen molar-refractivity contribution in [3.63, 3.8) is 0 Å². The molecule has 1 aromatic heterocycles. The van der Waals surface area contributed by atoms with Crippen molar-refractivity contribution in [2.75, 3.05) is 26.0 Å². The minimum absolute atomic E-state index is 0. The van der Waals surface area contributed by atoms with Gasteiger partial charge >= 0.3 is 35.5 Å². The standard InChI is InChI=1S/C32H36ClN3O8S.Na.H/c1-35(17-19-45(41,42)43)29(37)9-5-3-4-6-10-30(38)44-18-7-8-23-13-16-28-26(20-23)31(39)27(22-36(28)2)32(40)34-21-24-11-14-25(33)15-12-24;;/h11-16,20,22H,3-6,9-10,17-19,21H2,1-2H3,(H,34,40)(H,41,42,43);;/q;+1;-1. The fourth-order valence-corrected chi connectivity index (χ4v) is 5.04. The van der Waals surface area contributed by atoms with Crippen LogP contribution in [0.3, 0.4) is 0 Å². The van der Waals surface area contributed by atoms with Crippen LogP contribution >= 0.6 is 11.6 Å². The number of halogens is 1. The normalized spacial score (nSPS) is 10.8. The maximum atomic E-state index is 13.2. The van der Waals surface area contributed by atoms with Crippen LogP contribution in [0.1, 0.15) is 61.4 Å². The molecule has 0 spiro atoms. The van der Waals surface area contributed by atoms with Crippen LogP contribution < -0.4 is 40.3 Å². The van der Waals surface area contributed by atoms with Crippen molar-refractivity contribution in [1.82, 2.24) is 14.8 Å². The average Bonchev–Trinajstić information content (AvgIpc) is 3.00. The van der Waals surface area contributed by atoms with Gasteiger partial charge in [-0.25, -0.2) is 0 Å². The van der Waals surface area contributed by atoms with Crippen molar-refractivity contribution in [2.24, 2.45) is 7.05 Å². The summed E-state index contributed by atoms with van der Waals surface area (Å²) in [7, 11) is -0.884. The van der Waals surface area contributed by atoms with Gasteiger partial charge in [-0.1, -0.05) is 48.4 Å². The zero-order chi connectivity index (χ0) is 33.0. The number of ether oxygens (including phenoxy) is 1. The summed E-state index contributed by atoms with van der Waals surface area (Å²) >= 11 is 5.90. The van der Waals surface area contributed by atoms with Gasteiger partial charge < -0.3 is 20.9 Å². The predicted octanol–water partition coefficient (Wildman–Crippen LogP) is 0.820. The van der Waals surface area contributed by atoms with Gasteiger partial charge in [0.1, 0.15) is 5.56 Å². The van der Waals surface area contributed by atoms with Crippen LogP contribution in [0.25, 0.3) is 10.9 Å². The van der Waals surface area contributed by atoms with Crippen molar-refractivity contribution in [2.45, 2.75) is 45.1 Å². The minimum Gasteiger partial charge on any atom is -1.00 e. The summed E-state index contributed by atoms with van der Waals surface area (Å²) in [6.07, 6.45) is 4.58. The molecule has 242 valence electrons. The van der Waals surface area contributed by atoms with Gasteiger partial charge in [-0.05, 0) is 48.7 Å². The third-order valence-electron chi connectivity index (χ3n) is 6.97. The number of carbonyl (C=O) groups is 3. The Kier molecular flexibility index (Phi) is 16.0. The summed E-state index contributed by atoms with van der Waals surface area (Å²) in [6.45, 7) is 0.0501. The third kappa shape index (κ3) is 12.9. The first-order valence-corrected chi connectivity index (χ1v) is 16.3. The summed E-state index contributed by atoms with van der Waals surface area (Å²) in [5, 5.41) is 3.69. The topological polar surface area (TPSA) is 152 Å².